The average molecular weight is 515 g/mol. The number of hydrogen-bond acceptors (Lipinski definition) is 6. The van der Waals surface area contributed by atoms with Gasteiger partial charge >= 0.3 is 0 Å². The summed E-state index contributed by atoms with van der Waals surface area (Å²) in [6, 6.07) is 14.2. The van der Waals surface area contributed by atoms with Crippen molar-refractivity contribution in [2.24, 2.45) is 4.99 Å². The van der Waals surface area contributed by atoms with Gasteiger partial charge in [-0.2, -0.15) is 0 Å². The molecule has 2 heterocycles. The van der Waals surface area contributed by atoms with E-state index < -0.39 is 0 Å². The first-order chi connectivity index (χ1) is 16.5. The second kappa shape index (κ2) is 11.1. The predicted octanol–water partition coefficient (Wildman–Crippen LogP) is 7.35. The van der Waals surface area contributed by atoms with E-state index in [-0.39, 0.29) is 5.91 Å². The molecule has 0 aromatic heterocycles. The van der Waals surface area contributed by atoms with Crippen molar-refractivity contribution >= 4 is 63.3 Å². The minimum Gasteiger partial charge on any atom is -0.372 e. The fourth-order valence-corrected chi connectivity index (χ4v) is 6.67. The number of halogens is 1. The summed E-state index contributed by atoms with van der Waals surface area (Å²) in [6.07, 6.45) is 1.96. The Morgan fingerprint density at radius 2 is 1.71 bits per heavy atom. The highest BCUT2D eigenvalue weighted by atomic mass is 35.5. The molecule has 8 heteroatoms. The summed E-state index contributed by atoms with van der Waals surface area (Å²) in [5.41, 5.74) is 3.11. The lowest BCUT2D eigenvalue weighted by Gasteiger charge is -2.21. The minimum atomic E-state index is 0.0387. The van der Waals surface area contributed by atoms with Gasteiger partial charge in [-0.15, -0.1) is 0 Å². The number of hydrogen-bond donors (Lipinski definition) is 0. The van der Waals surface area contributed by atoms with Gasteiger partial charge in [-0.05, 0) is 81.4 Å². The molecule has 0 saturated carbocycles. The standard InChI is InChI=1S/C26H31ClN4OS2/c1-5-9-16-31-24(32)23(25-30(8-4)21-17-18(27)10-15-22(21)33-25)34-26(31)28-19-11-13-20(14-12-19)29(6-2)7-3/h10-15,17H,5-9,16H2,1-4H3. The molecule has 0 spiro atoms. The number of fused-ring (bicyclic) bond motifs is 1. The molecule has 0 unspecified atom stereocenters. The van der Waals surface area contributed by atoms with Gasteiger partial charge in [-0.1, -0.05) is 36.7 Å². The molecule has 1 fully saturated rings. The third-order valence-electron chi connectivity index (χ3n) is 5.98. The number of anilines is 2. The molecule has 0 radical (unpaired) electrons. The molecule has 2 aliphatic heterocycles. The van der Waals surface area contributed by atoms with E-state index in [2.05, 4.69) is 49.6 Å². The zero-order chi connectivity index (χ0) is 24.2. The predicted molar refractivity (Wildman–Crippen MR) is 149 cm³/mol. The maximum Gasteiger partial charge on any atom is 0.269 e. The fraction of sp³-hybridized carbons (Fsp3) is 0.385. The summed E-state index contributed by atoms with van der Waals surface area (Å²) in [5.74, 6) is 0.0387. The molecule has 2 aliphatic rings. The van der Waals surface area contributed by atoms with E-state index in [0.29, 0.717) is 11.6 Å². The molecule has 0 aliphatic carbocycles. The second-order valence-corrected chi connectivity index (χ2v) is 10.5. The molecule has 0 N–H and O–H groups in total. The molecule has 1 amide bonds. The van der Waals surface area contributed by atoms with Gasteiger partial charge in [0.25, 0.3) is 5.91 Å². The molecular formula is C26H31ClN4OS2. The van der Waals surface area contributed by atoms with Crippen LogP contribution in [0.15, 0.2) is 62.3 Å². The summed E-state index contributed by atoms with van der Waals surface area (Å²) >= 11 is 9.39. The van der Waals surface area contributed by atoms with Gasteiger partial charge in [0.05, 0.1) is 11.4 Å². The SMILES string of the molecule is CCCCN1C(=O)C(=C2Sc3ccc(Cl)cc3N2CC)SC1=Nc1ccc(N(CC)CC)cc1. The topological polar surface area (TPSA) is 39.2 Å². The Morgan fingerprint density at radius 1 is 0.971 bits per heavy atom. The Morgan fingerprint density at radius 3 is 2.35 bits per heavy atom. The lowest BCUT2D eigenvalue weighted by molar-refractivity contribution is -0.122. The maximum absolute atomic E-state index is 13.6. The molecule has 4 rings (SSSR count). The molecule has 1 saturated heterocycles. The third kappa shape index (κ3) is 4.97. The molecule has 2 aromatic rings. The maximum atomic E-state index is 13.6. The van der Waals surface area contributed by atoms with Gasteiger partial charge in [0.2, 0.25) is 0 Å². The number of nitrogens with zero attached hydrogens (tertiary/aromatic N) is 4. The van der Waals surface area contributed by atoms with Crippen molar-refractivity contribution in [3.8, 4) is 0 Å². The van der Waals surface area contributed by atoms with Gasteiger partial charge in [-0.3, -0.25) is 9.69 Å². The van der Waals surface area contributed by atoms with Gasteiger partial charge in [0.15, 0.2) is 5.17 Å². The highest BCUT2D eigenvalue weighted by molar-refractivity contribution is 8.19. The summed E-state index contributed by atoms with van der Waals surface area (Å²) < 4.78 is 0. The Labute approximate surface area is 216 Å². The van der Waals surface area contributed by atoms with Crippen molar-refractivity contribution in [3.63, 3.8) is 0 Å². The van der Waals surface area contributed by atoms with Crippen molar-refractivity contribution in [1.82, 2.24) is 4.90 Å². The summed E-state index contributed by atoms with van der Waals surface area (Å²) in [7, 11) is 0. The lowest BCUT2D eigenvalue weighted by Crippen LogP contribution is -2.30. The van der Waals surface area contributed by atoms with E-state index in [1.54, 1.807) is 11.8 Å². The highest BCUT2D eigenvalue weighted by Gasteiger charge is 2.39. The Kier molecular flexibility index (Phi) is 8.17. The van der Waals surface area contributed by atoms with Crippen molar-refractivity contribution in [1.29, 1.82) is 0 Å². The van der Waals surface area contributed by atoms with Crippen molar-refractivity contribution in [3.05, 3.63) is 57.4 Å². The van der Waals surface area contributed by atoms with Crippen molar-refractivity contribution in [2.75, 3.05) is 36.0 Å². The summed E-state index contributed by atoms with van der Waals surface area (Å²) in [5, 5.41) is 2.43. The van der Waals surface area contributed by atoms with Gasteiger partial charge in [0.1, 0.15) is 9.93 Å². The number of amides is 1. The highest BCUT2D eigenvalue weighted by Crippen LogP contribution is 2.51. The third-order valence-corrected chi connectivity index (χ3v) is 8.59. The van der Waals surface area contributed by atoms with Crippen LogP contribution in [0.1, 0.15) is 40.5 Å². The van der Waals surface area contributed by atoms with E-state index in [9.17, 15) is 4.79 Å². The molecule has 180 valence electrons. The van der Waals surface area contributed by atoms with Gasteiger partial charge in [-0.25, -0.2) is 4.99 Å². The van der Waals surface area contributed by atoms with E-state index in [4.69, 9.17) is 16.6 Å². The van der Waals surface area contributed by atoms with Crippen molar-refractivity contribution < 1.29 is 4.79 Å². The first kappa shape index (κ1) is 25.0. The molecule has 2 aromatic carbocycles. The Hall–Kier alpha value is -2.09. The van der Waals surface area contributed by atoms with Crippen LogP contribution in [0.4, 0.5) is 17.1 Å². The molecule has 34 heavy (non-hydrogen) atoms. The quantitative estimate of drug-likeness (QED) is 0.344. The summed E-state index contributed by atoms with van der Waals surface area (Å²) in [4.78, 5) is 26.7. The number of carbonyl (C=O) groups is 1. The normalized spacial score (nSPS) is 18.9. The number of unbranched alkanes of at least 4 members (excludes halogenated alkanes) is 1. The average Bonchev–Trinajstić information content (AvgIpc) is 3.35. The zero-order valence-corrected chi connectivity index (χ0v) is 22.6. The number of thioether (sulfide) groups is 2. The number of benzene rings is 2. The van der Waals surface area contributed by atoms with Crippen LogP contribution in [0.3, 0.4) is 0 Å². The number of rotatable bonds is 8. The van der Waals surface area contributed by atoms with Crippen molar-refractivity contribution in [2.45, 2.75) is 45.4 Å². The summed E-state index contributed by atoms with van der Waals surface area (Å²) in [6.45, 7) is 11.9. The Bertz CT molecular complexity index is 1110. The first-order valence-corrected chi connectivity index (χ1v) is 13.9. The first-order valence-electron chi connectivity index (χ1n) is 11.9. The van der Waals surface area contributed by atoms with E-state index in [1.165, 1.54) is 17.4 Å². The smallest absolute Gasteiger partial charge is 0.269 e. The second-order valence-electron chi connectivity index (χ2n) is 8.09. The lowest BCUT2D eigenvalue weighted by atomic mass is 10.2. The largest absolute Gasteiger partial charge is 0.372 e. The number of carbonyl (C=O) groups excluding carboxylic acids is 1. The van der Waals surface area contributed by atoms with Crippen LogP contribution in [0.2, 0.25) is 5.02 Å². The van der Waals surface area contributed by atoms with Crippen LogP contribution >= 0.6 is 35.1 Å². The van der Waals surface area contributed by atoms with Gasteiger partial charge < -0.3 is 9.80 Å². The van der Waals surface area contributed by atoms with Crippen LogP contribution in [0.25, 0.3) is 0 Å². The van der Waals surface area contributed by atoms with Crippen LogP contribution in [-0.2, 0) is 4.79 Å². The van der Waals surface area contributed by atoms with E-state index >= 15 is 0 Å². The fourth-order valence-electron chi connectivity index (χ4n) is 4.11. The van der Waals surface area contributed by atoms with Crippen LogP contribution < -0.4 is 9.80 Å². The molecule has 0 atom stereocenters. The zero-order valence-electron chi connectivity index (χ0n) is 20.2. The minimum absolute atomic E-state index is 0.0387. The number of amidine groups is 1. The van der Waals surface area contributed by atoms with Crippen LogP contribution in [0, 0.1) is 0 Å². The molecular weight excluding hydrogens is 484 g/mol. The number of aliphatic imine (C=N–C) groups is 1. The molecule has 0 bridgehead atoms. The van der Waals surface area contributed by atoms with E-state index in [0.717, 1.165) is 63.8 Å². The molecule has 5 nitrogen and oxygen atoms in total. The van der Waals surface area contributed by atoms with E-state index in [1.807, 2.05) is 35.2 Å². The van der Waals surface area contributed by atoms with Crippen LogP contribution in [-0.4, -0.2) is 42.2 Å². The van der Waals surface area contributed by atoms with Crippen LogP contribution in [0.5, 0.6) is 0 Å². The van der Waals surface area contributed by atoms with Gasteiger partial charge in [0, 0.05) is 41.8 Å². The monoisotopic (exact) mass is 514 g/mol. The Balaban J connectivity index is 1.68.